The van der Waals surface area contributed by atoms with Gasteiger partial charge in [-0.2, -0.15) is 26.3 Å². The maximum absolute atomic E-state index is 13.4. The third-order valence-corrected chi connectivity index (χ3v) is 5.52. The Kier molecular flexibility index (Phi) is 10.00. The Morgan fingerprint density at radius 3 is 2.24 bits per heavy atom. The number of carbonyl (C=O) groups is 1. The van der Waals surface area contributed by atoms with Gasteiger partial charge in [0, 0.05) is 17.1 Å². The van der Waals surface area contributed by atoms with Crippen LogP contribution in [0, 0.1) is 0 Å². The molecule has 1 unspecified atom stereocenters. The third kappa shape index (κ3) is 7.28. The quantitative estimate of drug-likeness (QED) is 0.349. The number of nitrogens with two attached hydrogens (primary N) is 1. The number of aliphatic hydroxyl groups is 1. The van der Waals surface area contributed by atoms with E-state index in [2.05, 4.69) is 10.4 Å². The zero-order valence-electron chi connectivity index (χ0n) is 19.1. The van der Waals surface area contributed by atoms with E-state index in [9.17, 15) is 41.0 Å². The van der Waals surface area contributed by atoms with Gasteiger partial charge in [0.05, 0.1) is 18.2 Å². The summed E-state index contributed by atoms with van der Waals surface area (Å²) in [7, 11) is 0. The minimum Gasteiger partial charge on any atom is -0.382 e. The first-order valence-electron chi connectivity index (χ1n) is 10.6. The second-order valence-electron chi connectivity index (χ2n) is 7.88. The maximum Gasteiger partial charge on any atom is 0.416 e. The molecule has 0 aliphatic carbocycles. The second kappa shape index (κ2) is 12.2. The average molecular weight is 588 g/mol. The highest BCUT2D eigenvalue weighted by Gasteiger charge is 2.39. The summed E-state index contributed by atoms with van der Waals surface area (Å²) >= 11 is 5.82. The first kappa shape index (κ1) is 31.1. The molecular weight excluding hydrogens is 567 g/mol. The monoisotopic (exact) mass is 587 g/mol. The van der Waals surface area contributed by atoms with E-state index in [1.54, 1.807) is 0 Å². The Morgan fingerprint density at radius 1 is 1.08 bits per heavy atom. The number of amides is 1. The summed E-state index contributed by atoms with van der Waals surface area (Å²) in [5.41, 5.74) is 3.26. The van der Waals surface area contributed by atoms with E-state index in [0.717, 1.165) is 12.1 Å². The van der Waals surface area contributed by atoms with Crippen molar-refractivity contribution in [1.29, 1.82) is 0 Å². The van der Waals surface area contributed by atoms with E-state index in [1.165, 1.54) is 36.4 Å². The van der Waals surface area contributed by atoms with Gasteiger partial charge in [-0.05, 0) is 35.9 Å². The largest absolute Gasteiger partial charge is 0.416 e. The van der Waals surface area contributed by atoms with Crippen LogP contribution in [-0.4, -0.2) is 44.2 Å². The lowest BCUT2D eigenvalue weighted by Gasteiger charge is -2.21. The third-order valence-electron chi connectivity index (χ3n) is 5.26. The predicted octanol–water partition coefficient (Wildman–Crippen LogP) is 3.55. The lowest BCUT2D eigenvalue weighted by molar-refractivity contribution is -0.207. The number of hydrogen-bond acceptors (Lipinski definition) is 5. The highest BCUT2D eigenvalue weighted by atomic mass is 35.5. The van der Waals surface area contributed by atoms with E-state index in [0.29, 0.717) is 14.3 Å². The van der Waals surface area contributed by atoms with Gasteiger partial charge in [0.1, 0.15) is 6.54 Å². The summed E-state index contributed by atoms with van der Waals surface area (Å²) < 4.78 is 80.1. The van der Waals surface area contributed by atoms with Crippen LogP contribution < -0.4 is 16.7 Å². The molecule has 2 aromatic carbocycles. The average Bonchev–Trinajstić information content (AvgIpc) is 3.11. The number of halogens is 8. The number of nitrogens with zero attached hydrogens (tertiary/aromatic N) is 3. The Morgan fingerprint density at radius 2 is 1.68 bits per heavy atom. The molecule has 2 atom stereocenters. The molecule has 0 bridgehead atoms. The number of hydrogen-bond donors (Lipinski definition) is 3. The fourth-order valence-corrected chi connectivity index (χ4v) is 3.62. The van der Waals surface area contributed by atoms with E-state index in [4.69, 9.17) is 17.3 Å². The Hall–Kier alpha value is -3.07. The molecule has 0 aliphatic rings. The second-order valence-corrected chi connectivity index (χ2v) is 8.32. The Bertz CT molecular complexity index is 1310. The highest BCUT2D eigenvalue weighted by Crippen LogP contribution is 2.34. The molecule has 0 spiro atoms. The van der Waals surface area contributed by atoms with E-state index < -0.39 is 61.3 Å². The van der Waals surface area contributed by atoms with Crippen molar-refractivity contribution in [3.8, 4) is 11.4 Å². The first-order valence-corrected chi connectivity index (χ1v) is 10.9. The lowest BCUT2D eigenvalue weighted by atomic mass is 10.00. The number of nitrogens with one attached hydrogen (secondary N) is 1. The smallest absolute Gasteiger partial charge is 0.382 e. The molecule has 0 aliphatic heterocycles. The molecule has 4 N–H and O–H groups in total. The van der Waals surface area contributed by atoms with Crippen molar-refractivity contribution >= 4 is 29.9 Å². The van der Waals surface area contributed by atoms with Gasteiger partial charge in [0.15, 0.2) is 11.9 Å². The molecule has 208 valence electrons. The van der Waals surface area contributed by atoms with Gasteiger partial charge in [-0.15, -0.1) is 17.5 Å². The first-order chi connectivity index (χ1) is 17.2. The number of aromatic nitrogens is 3. The molecular formula is C22H21Cl2F6N5O3. The molecule has 1 heterocycles. The molecule has 38 heavy (non-hydrogen) atoms. The van der Waals surface area contributed by atoms with Gasteiger partial charge in [-0.25, -0.2) is 9.48 Å². The van der Waals surface area contributed by atoms with Crippen molar-refractivity contribution in [3.05, 3.63) is 75.2 Å². The van der Waals surface area contributed by atoms with Gasteiger partial charge < -0.3 is 16.2 Å². The van der Waals surface area contributed by atoms with Crippen LogP contribution in [0.5, 0.6) is 0 Å². The Labute approximate surface area is 222 Å². The normalized spacial score (nSPS) is 13.5. The van der Waals surface area contributed by atoms with Crippen molar-refractivity contribution in [3.63, 3.8) is 0 Å². The predicted molar refractivity (Wildman–Crippen MR) is 128 cm³/mol. The van der Waals surface area contributed by atoms with Gasteiger partial charge >= 0.3 is 18.0 Å². The summed E-state index contributed by atoms with van der Waals surface area (Å²) in [4.78, 5) is 25.5. The summed E-state index contributed by atoms with van der Waals surface area (Å²) in [5, 5.41) is 16.0. The zero-order valence-corrected chi connectivity index (χ0v) is 20.7. The van der Waals surface area contributed by atoms with Crippen LogP contribution in [-0.2, 0) is 24.1 Å². The number of alkyl halides is 6. The molecule has 0 radical (unpaired) electrons. The van der Waals surface area contributed by atoms with Crippen molar-refractivity contribution in [2.75, 3.05) is 6.54 Å². The lowest BCUT2D eigenvalue weighted by Crippen LogP contribution is -2.40. The van der Waals surface area contributed by atoms with Crippen LogP contribution in [0.15, 0.2) is 53.3 Å². The summed E-state index contributed by atoms with van der Waals surface area (Å²) in [6.07, 6.45) is -12.7. The van der Waals surface area contributed by atoms with Gasteiger partial charge in [-0.3, -0.25) is 9.36 Å². The summed E-state index contributed by atoms with van der Waals surface area (Å²) in [6.45, 7) is -2.48. The molecule has 0 saturated heterocycles. The molecule has 0 saturated carbocycles. The van der Waals surface area contributed by atoms with Crippen molar-refractivity contribution < 1.29 is 36.2 Å². The van der Waals surface area contributed by atoms with Crippen molar-refractivity contribution in [2.24, 2.45) is 5.73 Å². The molecule has 8 nitrogen and oxygen atoms in total. The fourth-order valence-electron chi connectivity index (χ4n) is 3.50. The molecule has 1 aromatic heterocycles. The van der Waals surface area contributed by atoms with Crippen molar-refractivity contribution in [1.82, 2.24) is 19.7 Å². The van der Waals surface area contributed by atoms with Crippen molar-refractivity contribution in [2.45, 2.75) is 37.6 Å². The number of aliphatic hydroxyl groups excluding tert-OH is 1. The molecule has 3 rings (SSSR count). The SMILES string of the molecule is Cl.NCC(NC(=O)Cn1nc(-c2ccc(Cl)cc2)n(C[C@H](O)C(F)(F)F)c1=O)c1ccccc1C(F)(F)F. The van der Waals surface area contributed by atoms with Crippen LogP contribution >= 0.6 is 24.0 Å². The fraction of sp³-hybridized carbons (Fsp3) is 0.318. The molecule has 16 heteroatoms. The van der Waals surface area contributed by atoms with Gasteiger partial charge in [0.25, 0.3) is 0 Å². The van der Waals surface area contributed by atoms with Crippen LogP contribution in [0.4, 0.5) is 26.3 Å². The minimum atomic E-state index is -5.05. The zero-order chi connectivity index (χ0) is 27.5. The van der Waals surface area contributed by atoms with Crippen LogP contribution in [0.3, 0.4) is 0 Å². The molecule has 0 fully saturated rings. The number of rotatable bonds is 8. The molecule has 1 amide bonds. The van der Waals surface area contributed by atoms with Gasteiger partial charge in [0.2, 0.25) is 5.91 Å². The Balaban J connectivity index is 0.00000507. The standard InChI is InChI=1S/C22H20ClF6N5O3.ClH/c23-13-7-5-12(6-8-13)19-32-34(20(37)33(19)10-17(35)22(27,28)29)11-18(36)31-16(9-30)14-3-1-2-4-15(14)21(24,25)26;/h1-8,16-17,35H,9-11,30H2,(H,31,36);1H/t16?,17-;/m0./s1. The number of benzene rings is 2. The summed E-state index contributed by atoms with van der Waals surface area (Å²) in [6, 6.07) is 8.68. The number of carbonyl (C=O) groups excluding carboxylic acids is 1. The minimum absolute atomic E-state index is 0. The summed E-state index contributed by atoms with van der Waals surface area (Å²) in [5.74, 6) is -1.27. The highest BCUT2D eigenvalue weighted by molar-refractivity contribution is 6.30. The van der Waals surface area contributed by atoms with Gasteiger partial charge in [-0.1, -0.05) is 29.8 Å². The van der Waals surface area contributed by atoms with Crippen LogP contribution in [0.1, 0.15) is 17.2 Å². The topological polar surface area (TPSA) is 115 Å². The molecule has 3 aromatic rings. The van der Waals surface area contributed by atoms with Crippen LogP contribution in [0.2, 0.25) is 5.02 Å². The van der Waals surface area contributed by atoms with E-state index >= 15 is 0 Å². The maximum atomic E-state index is 13.4. The van der Waals surface area contributed by atoms with E-state index in [1.807, 2.05) is 0 Å². The van der Waals surface area contributed by atoms with Crippen LogP contribution in [0.25, 0.3) is 11.4 Å². The van der Waals surface area contributed by atoms with E-state index in [-0.39, 0.29) is 29.4 Å².